The summed E-state index contributed by atoms with van der Waals surface area (Å²) < 4.78 is 1.93. The first kappa shape index (κ1) is 21.8. The van der Waals surface area contributed by atoms with E-state index >= 15 is 0 Å². The van der Waals surface area contributed by atoms with Crippen LogP contribution in [0.15, 0.2) is 77.6 Å². The molecule has 0 aliphatic rings. The van der Waals surface area contributed by atoms with E-state index in [-0.39, 0.29) is 17.9 Å². The van der Waals surface area contributed by atoms with Gasteiger partial charge in [-0.05, 0) is 48.5 Å². The van der Waals surface area contributed by atoms with Crippen molar-refractivity contribution in [3.8, 4) is 0 Å². The largest absolute Gasteiger partial charge is 0.350 e. The molecule has 0 bridgehead atoms. The Morgan fingerprint density at radius 3 is 1.91 bits per heavy atom. The van der Waals surface area contributed by atoms with Crippen LogP contribution in [-0.4, -0.2) is 28.5 Å². The first-order valence-corrected chi connectivity index (χ1v) is 11.2. The highest BCUT2D eigenvalue weighted by molar-refractivity contribution is 5.94. The van der Waals surface area contributed by atoms with Crippen LogP contribution >= 0.6 is 0 Å². The van der Waals surface area contributed by atoms with Crippen LogP contribution in [0.1, 0.15) is 25.0 Å². The molecule has 0 atom stereocenters. The molecule has 0 saturated heterocycles. The first-order valence-electron chi connectivity index (χ1n) is 11.2. The van der Waals surface area contributed by atoms with Gasteiger partial charge >= 0.3 is 0 Å². The van der Waals surface area contributed by atoms with Crippen LogP contribution in [0.4, 0.5) is 0 Å². The number of fused-ring (bicyclic) bond motifs is 2. The Morgan fingerprint density at radius 1 is 0.812 bits per heavy atom. The van der Waals surface area contributed by atoms with E-state index in [1.54, 1.807) is 0 Å². The van der Waals surface area contributed by atoms with Gasteiger partial charge in [-0.25, -0.2) is 0 Å². The Balaban J connectivity index is 1.50. The monoisotopic (exact) mass is 427 g/mol. The second-order valence-corrected chi connectivity index (χ2v) is 8.00. The number of hydrogen-bond donors (Lipinski definition) is 1. The summed E-state index contributed by atoms with van der Waals surface area (Å²) in [5.41, 5.74) is 3.88. The van der Waals surface area contributed by atoms with Gasteiger partial charge in [0.05, 0.1) is 11.0 Å². The molecule has 0 spiro atoms. The Labute approximate surface area is 188 Å². The molecule has 164 valence electrons. The maximum Gasteiger partial charge on any atom is 0.240 e. The van der Waals surface area contributed by atoms with Gasteiger partial charge in [-0.1, -0.05) is 62.4 Å². The van der Waals surface area contributed by atoms with Crippen molar-refractivity contribution in [3.05, 3.63) is 94.1 Å². The highest BCUT2D eigenvalue weighted by atomic mass is 16.2. The number of benzene rings is 3. The second-order valence-electron chi connectivity index (χ2n) is 8.00. The minimum Gasteiger partial charge on any atom is -0.350 e. The number of nitrogens with zero attached hydrogens (tertiary/aromatic N) is 2. The smallest absolute Gasteiger partial charge is 0.240 e. The average molecular weight is 428 g/mol. The molecular formula is C27H29N3O2. The van der Waals surface area contributed by atoms with Crippen molar-refractivity contribution in [1.82, 2.24) is 14.8 Å². The fourth-order valence-electron chi connectivity index (χ4n) is 4.12. The van der Waals surface area contributed by atoms with Crippen molar-refractivity contribution < 1.29 is 4.79 Å². The zero-order valence-electron chi connectivity index (χ0n) is 18.7. The Bertz CT molecular complexity index is 1230. The number of amides is 1. The number of carbonyl (C=O) groups excluding carboxylic acids is 1. The number of nitrogens with one attached hydrogen (secondary N) is 1. The summed E-state index contributed by atoms with van der Waals surface area (Å²) in [7, 11) is 0. The van der Waals surface area contributed by atoms with Crippen molar-refractivity contribution in [2.24, 2.45) is 0 Å². The van der Waals surface area contributed by atoms with Crippen LogP contribution in [0.2, 0.25) is 0 Å². The molecule has 1 aromatic heterocycles. The molecule has 3 aromatic carbocycles. The van der Waals surface area contributed by atoms with Crippen LogP contribution in [-0.2, 0) is 24.4 Å². The van der Waals surface area contributed by atoms with Gasteiger partial charge in [0.2, 0.25) is 5.91 Å². The minimum atomic E-state index is -0.0869. The molecular weight excluding hydrogens is 398 g/mol. The third kappa shape index (κ3) is 4.58. The van der Waals surface area contributed by atoms with Gasteiger partial charge < -0.3 is 9.88 Å². The standard InChI is InChI=1S/C27H29N3O2/c1-3-29(4-2)18-21-15-13-20(14-16-21)17-28-26(31)19-30-24-11-7-5-9-22(24)27(32)23-10-6-8-12-25(23)30/h5-16H,3-4,17-19H2,1-2H3,(H,28,31). The molecule has 0 aliphatic carbocycles. The number of carbonyl (C=O) groups is 1. The van der Waals surface area contributed by atoms with Crippen molar-refractivity contribution >= 4 is 27.7 Å². The maximum absolute atomic E-state index is 12.9. The van der Waals surface area contributed by atoms with E-state index in [0.717, 1.165) is 36.2 Å². The quantitative estimate of drug-likeness (QED) is 0.426. The summed E-state index contributed by atoms with van der Waals surface area (Å²) in [5, 5.41) is 4.28. The van der Waals surface area contributed by atoms with E-state index < -0.39 is 0 Å². The maximum atomic E-state index is 12.9. The predicted molar refractivity (Wildman–Crippen MR) is 131 cm³/mol. The van der Waals surface area contributed by atoms with Crippen LogP contribution in [0.5, 0.6) is 0 Å². The molecule has 5 heteroatoms. The lowest BCUT2D eigenvalue weighted by Crippen LogP contribution is -2.28. The highest BCUT2D eigenvalue weighted by Gasteiger charge is 2.12. The van der Waals surface area contributed by atoms with E-state index in [1.165, 1.54) is 5.56 Å². The molecule has 5 nitrogen and oxygen atoms in total. The normalized spacial score (nSPS) is 11.3. The molecule has 0 unspecified atom stereocenters. The predicted octanol–water partition coefficient (Wildman–Crippen LogP) is 4.31. The Hall–Kier alpha value is -3.44. The number of aromatic nitrogens is 1. The SMILES string of the molecule is CCN(CC)Cc1ccc(CNC(=O)Cn2c3ccccc3c(=O)c3ccccc32)cc1. The van der Waals surface area contributed by atoms with Crippen molar-refractivity contribution in [2.45, 2.75) is 33.5 Å². The molecule has 0 aliphatic heterocycles. The summed E-state index contributed by atoms with van der Waals surface area (Å²) in [6.45, 7) is 7.96. The van der Waals surface area contributed by atoms with Gasteiger partial charge in [-0.15, -0.1) is 0 Å². The Morgan fingerprint density at radius 2 is 1.34 bits per heavy atom. The van der Waals surface area contributed by atoms with E-state index in [9.17, 15) is 9.59 Å². The molecule has 4 rings (SSSR count). The van der Waals surface area contributed by atoms with Gasteiger partial charge in [-0.2, -0.15) is 0 Å². The topological polar surface area (TPSA) is 54.3 Å². The third-order valence-corrected chi connectivity index (χ3v) is 5.99. The molecule has 0 saturated carbocycles. The zero-order valence-corrected chi connectivity index (χ0v) is 18.7. The molecule has 0 fully saturated rings. The van der Waals surface area contributed by atoms with Crippen LogP contribution in [0, 0.1) is 0 Å². The summed E-state index contributed by atoms with van der Waals surface area (Å²) in [4.78, 5) is 28.1. The summed E-state index contributed by atoms with van der Waals surface area (Å²) >= 11 is 0. The van der Waals surface area contributed by atoms with E-state index in [0.29, 0.717) is 17.3 Å². The fraction of sp³-hybridized carbons (Fsp3) is 0.259. The lowest BCUT2D eigenvalue weighted by atomic mass is 10.1. The van der Waals surface area contributed by atoms with Crippen LogP contribution in [0.25, 0.3) is 21.8 Å². The molecule has 1 heterocycles. The molecule has 1 amide bonds. The average Bonchev–Trinajstić information content (AvgIpc) is 2.84. The van der Waals surface area contributed by atoms with E-state index in [4.69, 9.17) is 0 Å². The van der Waals surface area contributed by atoms with Gasteiger partial charge in [0.15, 0.2) is 5.43 Å². The zero-order chi connectivity index (χ0) is 22.5. The lowest BCUT2D eigenvalue weighted by Gasteiger charge is -2.18. The summed E-state index contributed by atoms with van der Waals surface area (Å²) in [6, 6.07) is 23.3. The minimum absolute atomic E-state index is 0.00217. The first-order chi connectivity index (χ1) is 15.6. The Kier molecular flexibility index (Phi) is 6.66. The highest BCUT2D eigenvalue weighted by Crippen LogP contribution is 2.19. The number of hydrogen-bond acceptors (Lipinski definition) is 3. The summed E-state index contributed by atoms with van der Waals surface area (Å²) in [6.07, 6.45) is 0. The van der Waals surface area contributed by atoms with Gasteiger partial charge in [0.1, 0.15) is 6.54 Å². The van der Waals surface area contributed by atoms with E-state index in [2.05, 4.69) is 48.3 Å². The number of pyridine rings is 1. The van der Waals surface area contributed by atoms with Crippen molar-refractivity contribution in [2.75, 3.05) is 13.1 Å². The van der Waals surface area contributed by atoms with E-state index in [1.807, 2.05) is 53.1 Å². The molecule has 4 aromatic rings. The molecule has 32 heavy (non-hydrogen) atoms. The van der Waals surface area contributed by atoms with Crippen LogP contribution < -0.4 is 10.7 Å². The van der Waals surface area contributed by atoms with Gasteiger partial charge in [0.25, 0.3) is 0 Å². The lowest BCUT2D eigenvalue weighted by molar-refractivity contribution is -0.121. The molecule has 1 N–H and O–H groups in total. The molecule has 0 radical (unpaired) electrons. The number of para-hydroxylation sites is 2. The van der Waals surface area contributed by atoms with Gasteiger partial charge in [0, 0.05) is 23.9 Å². The second kappa shape index (κ2) is 9.79. The summed E-state index contributed by atoms with van der Waals surface area (Å²) in [5.74, 6) is -0.0869. The van der Waals surface area contributed by atoms with Crippen molar-refractivity contribution in [1.29, 1.82) is 0 Å². The van der Waals surface area contributed by atoms with Gasteiger partial charge in [-0.3, -0.25) is 14.5 Å². The van der Waals surface area contributed by atoms with Crippen molar-refractivity contribution in [3.63, 3.8) is 0 Å². The van der Waals surface area contributed by atoms with Crippen LogP contribution in [0.3, 0.4) is 0 Å². The fourth-order valence-corrected chi connectivity index (χ4v) is 4.12. The number of rotatable bonds is 8. The third-order valence-electron chi connectivity index (χ3n) is 5.99.